The summed E-state index contributed by atoms with van der Waals surface area (Å²) >= 11 is 7.58. The zero-order chi connectivity index (χ0) is 11.7. The highest BCUT2D eigenvalue weighted by Crippen LogP contribution is 2.35. The van der Waals surface area contributed by atoms with Gasteiger partial charge in [-0.05, 0) is 24.3 Å². The van der Waals surface area contributed by atoms with Gasteiger partial charge in [0.2, 0.25) is 0 Å². The summed E-state index contributed by atoms with van der Waals surface area (Å²) in [7, 11) is 0. The van der Waals surface area contributed by atoms with Crippen molar-refractivity contribution < 1.29 is 9.15 Å². The van der Waals surface area contributed by atoms with Crippen LogP contribution in [0.3, 0.4) is 0 Å². The van der Waals surface area contributed by atoms with E-state index in [0.29, 0.717) is 5.92 Å². The Labute approximate surface area is 108 Å². The summed E-state index contributed by atoms with van der Waals surface area (Å²) in [6.07, 6.45) is 3.73. The number of ether oxygens (including phenoxy) is 1. The van der Waals surface area contributed by atoms with Crippen molar-refractivity contribution >= 4 is 22.9 Å². The summed E-state index contributed by atoms with van der Waals surface area (Å²) < 4.78 is 11.9. The minimum absolute atomic E-state index is 0.384. The van der Waals surface area contributed by atoms with Gasteiger partial charge in [0, 0.05) is 24.7 Å². The third-order valence-corrected chi connectivity index (χ3v) is 4.15. The third-order valence-electron chi connectivity index (χ3n) is 2.98. The highest BCUT2D eigenvalue weighted by atomic mass is 35.5. The van der Waals surface area contributed by atoms with Gasteiger partial charge in [0.1, 0.15) is 4.34 Å². The van der Waals surface area contributed by atoms with Crippen LogP contribution in [0.15, 0.2) is 22.1 Å². The molecule has 0 aliphatic carbocycles. The summed E-state index contributed by atoms with van der Waals surface area (Å²) in [6.45, 7) is 1.59. The summed E-state index contributed by atoms with van der Waals surface area (Å²) in [5.41, 5.74) is 0.933. The molecule has 0 atom stereocenters. The van der Waals surface area contributed by atoms with E-state index < -0.39 is 0 Å². The van der Waals surface area contributed by atoms with E-state index in [2.05, 4.69) is 4.98 Å². The van der Waals surface area contributed by atoms with Crippen LogP contribution in [-0.2, 0) is 4.74 Å². The van der Waals surface area contributed by atoms with E-state index in [4.69, 9.17) is 20.8 Å². The molecule has 5 heteroatoms. The van der Waals surface area contributed by atoms with Crippen molar-refractivity contribution in [3.05, 3.63) is 27.9 Å². The molecule has 0 bridgehead atoms. The lowest BCUT2D eigenvalue weighted by Crippen LogP contribution is -2.14. The van der Waals surface area contributed by atoms with Crippen LogP contribution in [0.25, 0.3) is 11.3 Å². The summed E-state index contributed by atoms with van der Waals surface area (Å²) in [6, 6.07) is 1.96. The van der Waals surface area contributed by atoms with Crippen LogP contribution in [0.1, 0.15) is 24.7 Å². The Morgan fingerprint density at radius 2 is 2.18 bits per heavy atom. The molecule has 2 aromatic heterocycles. The molecule has 0 saturated carbocycles. The van der Waals surface area contributed by atoms with E-state index in [-0.39, 0.29) is 0 Å². The highest BCUT2D eigenvalue weighted by molar-refractivity contribution is 7.15. The maximum Gasteiger partial charge on any atom is 0.198 e. The molecular weight excluding hydrogens is 258 g/mol. The Kier molecular flexibility index (Phi) is 3.18. The largest absolute Gasteiger partial charge is 0.440 e. The molecule has 0 unspecified atom stereocenters. The van der Waals surface area contributed by atoms with Crippen molar-refractivity contribution in [3.8, 4) is 11.3 Å². The van der Waals surface area contributed by atoms with E-state index in [9.17, 15) is 0 Å². The zero-order valence-electron chi connectivity index (χ0n) is 9.19. The Morgan fingerprint density at radius 1 is 1.35 bits per heavy atom. The maximum absolute atomic E-state index is 6.08. The lowest BCUT2D eigenvalue weighted by Gasteiger charge is -2.18. The molecule has 3 rings (SSSR count). The summed E-state index contributed by atoms with van der Waals surface area (Å²) in [5, 5.41) is 1.95. The van der Waals surface area contributed by atoms with Gasteiger partial charge in [-0.2, -0.15) is 0 Å². The molecule has 0 amide bonds. The molecule has 2 aromatic rings. The molecule has 0 radical (unpaired) electrons. The number of nitrogens with zero attached hydrogens (tertiary/aromatic N) is 1. The van der Waals surface area contributed by atoms with Crippen molar-refractivity contribution in [1.82, 2.24) is 4.98 Å². The van der Waals surface area contributed by atoms with Crippen LogP contribution in [0.2, 0.25) is 4.34 Å². The molecule has 0 N–H and O–H groups in total. The van der Waals surface area contributed by atoms with Crippen LogP contribution in [-0.4, -0.2) is 18.2 Å². The lowest BCUT2D eigenvalue weighted by molar-refractivity contribution is 0.0796. The van der Waals surface area contributed by atoms with Gasteiger partial charge in [0.25, 0.3) is 0 Å². The van der Waals surface area contributed by atoms with E-state index in [1.807, 2.05) is 11.4 Å². The van der Waals surface area contributed by atoms with E-state index in [1.165, 1.54) is 11.3 Å². The lowest BCUT2D eigenvalue weighted by atomic mass is 10.0. The van der Waals surface area contributed by atoms with E-state index >= 15 is 0 Å². The minimum Gasteiger partial charge on any atom is -0.440 e. The first-order chi connectivity index (χ1) is 8.34. The van der Waals surface area contributed by atoms with Crippen LogP contribution >= 0.6 is 22.9 Å². The van der Waals surface area contributed by atoms with Crippen molar-refractivity contribution in [2.75, 3.05) is 13.2 Å². The van der Waals surface area contributed by atoms with E-state index in [0.717, 1.165) is 47.6 Å². The Morgan fingerprint density at radius 3 is 2.88 bits per heavy atom. The van der Waals surface area contributed by atoms with Crippen LogP contribution in [0.4, 0.5) is 0 Å². The topological polar surface area (TPSA) is 35.3 Å². The molecule has 1 fully saturated rings. The van der Waals surface area contributed by atoms with Gasteiger partial charge in [-0.3, -0.25) is 0 Å². The average Bonchev–Trinajstić information content (AvgIpc) is 2.98. The Hall–Kier alpha value is -0.840. The van der Waals surface area contributed by atoms with Crippen molar-refractivity contribution in [3.63, 3.8) is 0 Å². The fourth-order valence-electron chi connectivity index (χ4n) is 2.02. The Bertz CT molecular complexity index is 502. The molecule has 1 saturated heterocycles. The molecule has 17 heavy (non-hydrogen) atoms. The highest BCUT2D eigenvalue weighted by Gasteiger charge is 2.21. The zero-order valence-corrected chi connectivity index (χ0v) is 10.8. The second kappa shape index (κ2) is 4.80. The fraction of sp³-hybridized carbons (Fsp3) is 0.417. The normalized spacial score (nSPS) is 17.5. The van der Waals surface area contributed by atoms with Crippen molar-refractivity contribution in [2.24, 2.45) is 0 Å². The molecule has 1 aliphatic rings. The molecular formula is C12H12ClNO2S. The van der Waals surface area contributed by atoms with Crippen LogP contribution < -0.4 is 0 Å². The van der Waals surface area contributed by atoms with Gasteiger partial charge in [0.05, 0.1) is 6.20 Å². The first-order valence-corrected chi connectivity index (χ1v) is 6.87. The first-order valence-electron chi connectivity index (χ1n) is 5.61. The smallest absolute Gasteiger partial charge is 0.198 e. The second-order valence-electron chi connectivity index (χ2n) is 4.06. The molecule has 1 aliphatic heterocycles. The number of oxazole rings is 1. The van der Waals surface area contributed by atoms with Crippen molar-refractivity contribution in [2.45, 2.75) is 18.8 Å². The first kappa shape index (κ1) is 11.3. The van der Waals surface area contributed by atoms with Gasteiger partial charge < -0.3 is 9.15 Å². The molecule has 0 spiro atoms. The number of halogens is 1. The van der Waals surface area contributed by atoms with Gasteiger partial charge >= 0.3 is 0 Å². The molecule has 90 valence electrons. The van der Waals surface area contributed by atoms with Gasteiger partial charge in [-0.15, -0.1) is 11.3 Å². The average molecular weight is 270 g/mol. The van der Waals surface area contributed by atoms with Crippen LogP contribution in [0, 0.1) is 0 Å². The molecule has 0 aromatic carbocycles. The molecule has 3 nitrogen and oxygen atoms in total. The van der Waals surface area contributed by atoms with Gasteiger partial charge in [-0.1, -0.05) is 11.6 Å². The minimum atomic E-state index is 0.384. The maximum atomic E-state index is 6.08. The van der Waals surface area contributed by atoms with Crippen LogP contribution in [0.5, 0.6) is 0 Å². The second-order valence-corrected chi connectivity index (χ2v) is 5.58. The van der Waals surface area contributed by atoms with Crippen molar-refractivity contribution in [1.29, 1.82) is 0 Å². The number of rotatable bonds is 2. The SMILES string of the molecule is Clc1sccc1-c1cnc(C2CCOCC2)o1. The predicted molar refractivity (Wildman–Crippen MR) is 67.6 cm³/mol. The number of aromatic nitrogens is 1. The quantitative estimate of drug-likeness (QED) is 0.828. The molecule has 3 heterocycles. The third kappa shape index (κ3) is 2.25. The summed E-state index contributed by atoms with van der Waals surface area (Å²) in [4.78, 5) is 4.36. The van der Waals surface area contributed by atoms with Gasteiger partial charge in [-0.25, -0.2) is 4.98 Å². The van der Waals surface area contributed by atoms with Gasteiger partial charge in [0.15, 0.2) is 11.7 Å². The number of hydrogen-bond donors (Lipinski definition) is 0. The predicted octanol–water partition coefficient (Wildman–Crippen LogP) is 3.95. The number of hydrogen-bond acceptors (Lipinski definition) is 4. The fourth-order valence-corrected chi connectivity index (χ4v) is 2.94. The summed E-state index contributed by atoms with van der Waals surface area (Å²) in [5.74, 6) is 1.96. The monoisotopic (exact) mass is 269 g/mol. The van der Waals surface area contributed by atoms with E-state index in [1.54, 1.807) is 6.20 Å². The number of thiophene rings is 1. The standard InChI is InChI=1S/C12H12ClNO2S/c13-11-9(3-6-17-11)10-7-14-12(16-10)8-1-4-15-5-2-8/h3,6-8H,1-2,4-5H2. The Balaban J connectivity index is 1.85.